The van der Waals surface area contributed by atoms with Gasteiger partial charge in [0.2, 0.25) is 5.91 Å². The van der Waals surface area contributed by atoms with Gasteiger partial charge in [-0.2, -0.15) is 5.26 Å². The molecule has 0 saturated carbocycles. The second-order valence-corrected chi connectivity index (χ2v) is 5.90. The van der Waals surface area contributed by atoms with Gasteiger partial charge in [-0.05, 0) is 49.3 Å². The average Bonchev–Trinajstić information content (AvgIpc) is 3.01. The van der Waals surface area contributed by atoms with Crippen LogP contribution in [0.2, 0.25) is 0 Å². The molecule has 3 rings (SSSR count). The topological polar surface area (TPSA) is 83.6 Å². The molecule has 1 aliphatic carbocycles. The highest BCUT2D eigenvalue weighted by atomic mass is 16.2. The van der Waals surface area contributed by atoms with E-state index in [0.717, 1.165) is 18.4 Å². The first-order chi connectivity index (χ1) is 11.2. The lowest BCUT2D eigenvalue weighted by Crippen LogP contribution is -2.30. The Bertz CT molecular complexity index is 759. The first-order valence-corrected chi connectivity index (χ1v) is 7.86. The molecule has 118 valence electrons. The lowest BCUT2D eigenvalue weighted by molar-refractivity contribution is -0.122. The molecule has 1 aliphatic rings. The Labute approximate surface area is 135 Å². The molecule has 0 unspecified atom stereocenters. The van der Waals surface area contributed by atoms with E-state index in [1.165, 1.54) is 35.0 Å². The van der Waals surface area contributed by atoms with Crippen LogP contribution in [0.25, 0.3) is 0 Å². The molecule has 1 heterocycles. The molecule has 6 nitrogen and oxygen atoms in total. The largest absolute Gasteiger partial charge is 0.348 e. The zero-order chi connectivity index (χ0) is 16.2. The Hall–Kier alpha value is -2.68. The third-order valence-corrected chi connectivity index (χ3v) is 4.19. The fourth-order valence-corrected chi connectivity index (χ4v) is 2.96. The number of benzene rings is 1. The predicted octanol–water partition coefficient (Wildman–Crippen LogP) is 1.91. The average molecular weight is 309 g/mol. The van der Waals surface area contributed by atoms with Crippen molar-refractivity contribution < 1.29 is 4.79 Å². The van der Waals surface area contributed by atoms with Crippen LogP contribution in [0.5, 0.6) is 0 Å². The second-order valence-electron chi connectivity index (χ2n) is 5.90. The lowest BCUT2D eigenvalue weighted by atomic mass is 9.89. The summed E-state index contributed by atoms with van der Waals surface area (Å²) < 4.78 is 1.37. The number of aryl methyl sites for hydroxylation is 2. The summed E-state index contributed by atoms with van der Waals surface area (Å²) in [4.78, 5) is 15.9. The summed E-state index contributed by atoms with van der Waals surface area (Å²) in [6.07, 6.45) is 6.18. The number of hydrogen-bond donors (Lipinski definition) is 1. The Morgan fingerprint density at radius 2 is 2.17 bits per heavy atom. The molecule has 23 heavy (non-hydrogen) atoms. The van der Waals surface area contributed by atoms with Crippen LogP contribution in [0.3, 0.4) is 0 Å². The molecule has 0 bridgehead atoms. The second kappa shape index (κ2) is 6.61. The smallest absolute Gasteiger partial charge is 0.252 e. The van der Waals surface area contributed by atoms with Crippen LogP contribution in [0.4, 0.5) is 0 Å². The van der Waals surface area contributed by atoms with E-state index in [2.05, 4.69) is 33.6 Å². The number of rotatable bonds is 4. The van der Waals surface area contributed by atoms with Crippen LogP contribution in [0.1, 0.15) is 48.3 Å². The fraction of sp³-hybridized carbons (Fsp3) is 0.412. The number of aromatic nitrogens is 3. The van der Waals surface area contributed by atoms with Gasteiger partial charge in [0.1, 0.15) is 18.9 Å². The van der Waals surface area contributed by atoms with E-state index in [1.807, 2.05) is 13.0 Å². The van der Waals surface area contributed by atoms with Crippen molar-refractivity contribution in [2.45, 2.75) is 45.2 Å². The molecule has 1 aromatic carbocycles. The minimum absolute atomic E-state index is 0.0595. The van der Waals surface area contributed by atoms with Crippen molar-refractivity contribution in [3.63, 3.8) is 0 Å². The number of nitrogens with zero attached hydrogens (tertiary/aromatic N) is 4. The number of amides is 1. The molecule has 1 aromatic heterocycles. The van der Waals surface area contributed by atoms with Gasteiger partial charge in [-0.3, -0.25) is 4.79 Å². The molecule has 0 aliphatic heterocycles. The van der Waals surface area contributed by atoms with E-state index in [4.69, 9.17) is 5.26 Å². The summed E-state index contributed by atoms with van der Waals surface area (Å²) >= 11 is 0. The van der Waals surface area contributed by atoms with Gasteiger partial charge in [0.05, 0.1) is 6.04 Å². The number of fused-ring (bicyclic) bond motifs is 1. The Kier molecular flexibility index (Phi) is 4.38. The van der Waals surface area contributed by atoms with Gasteiger partial charge in [0.15, 0.2) is 0 Å². The van der Waals surface area contributed by atoms with Crippen LogP contribution in [0.15, 0.2) is 24.5 Å². The molecule has 0 fully saturated rings. The van der Waals surface area contributed by atoms with E-state index < -0.39 is 0 Å². The molecular formula is C17H19N5O. The number of carbonyl (C=O) groups excluding carboxylic acids is 1. The molecule has 0 saturated heterocycles. The van der Waals surface area contributed by atoms with Crippen molar-refractivity contribution in [1.82, 2.24) is 20.1 Å². The molecule has 0 spiro atoms. The summed E-state index contributed by atoms with van der Waals surface area (Å²) in [5.41, 5.74) is 3.96. The van der Waals surface area contributed by atoms with E-state index in [9.17, 15) is 4.79 Å². The maximum atomic E-state index is 12.1. The number of carbonyl (C=O) groups is 1. The maximum absolute atomic E-state index is 12.1. The van der Waals surface area contributed by atoms with E-state index in [1.54, 1.807) is 0 Å². The molecule has 1 atom stereocenters. The van der Waals surface area contributed by atoms with Gasteiger partial charge in [0, 0.05) is 0 Å². The summed E-state index contributed by atoms with van der Waals surface area (Å²) in [5.74, 6) is -0.0786. The van der Waals surface area contributed by atoms with Crippen LogP contribution in [-0.4, -0.2) is 20.7 Å². The lowest BCUT2D eigenvalue weighted by Gasteiger charge is -2.20. The van der Waals surface area contributed by atoms with Crippen LogP contribution in [-0.2, 0) is 24.2 Å². The highest BCUT2D eigenvalue weighted by Gasteiger charge is 2.14. The molecule has 6 heteroatoms. The van der Waals surface area contributed by atoms with Gasteiger partial charge in [0.25, 0.3) is 5.82 Å². The monoisotopic (exact) mass is 309 g/mol. The number of hydrogen-bond acceptors (Lipinski definition) is 4. The zero-order valence-electron chi connectivity index (χ0n) is 13.1. The van der Waals surface area contributed by atoms with Crippen molar-refractivity contribution in [1.29, 1.82) is 5.26 Å². The zero-order valence-corrected chi connectivity index (χ0v) is 13.1. The third-order valence-electron chi connectivity index (χ3n) is 4.19. The highest BCUT2D eigenvalue weighted by molar-refractivity contribution is 5.76. The first-order valence-electron chi connectivity index (χ1n) is 7.86. The van der Waals surface area contributed by atoms with Crippen LogP contribution in [0, 0.1) is 11.3 Å². The first kappa shape index (κ1) is 15.2. The maximum Gasteiger partial charge on any atom is 0.252 e. The summed E-state index contributed by atoms with van der Waals surface area (Å²) in [6.45, 7) is 2.04. The van der Waals surface area contributed by atoms with Crippen LogP contribution < -0.4 is 5.32 Å². The Balaban J connectivity index is 1.63. The van der Waals surface area contributed by atoms with E-state index in [-0.39, 0.29) is 24.3 Å². The minimum atomic E-state index is -0.149. The summed E-state index contributed by atoms with van der Waals surface area (Å²) in [5, 5.41) is 15.5. The van der Waals surface area contributed by atoms with Gasteiger partial charge in [-0.1, -0.05) is 18.2 Å². The quantitative estimate of drug-likeness (QED) is 0.935. The van der Waals surface area contributed by atoms with Gasteiger partial charge in [-0.15, -0.1) is 5.10 Å². The van der Waals surface area contributed by atoms with E-state index in [0.29, 0.717) is 0 Å². The number of nitriles is 1. The fourth-order valence-electron chi connectivity index (χ4n) is 2.96. The Morgan fingerprint density at radius 1 is 1.39 bits per heavy atom. The number of nitrogens with one attached hydrogen (secondary N) is 1. The highest BCUT2D eigenvalue weighted by Crippen LogP contribution is 2.24. The summed E-state index contributed by atoms with van der Waals surface area (Å²) in [6, 6.07) is 8.27. The standard InChI is InChI=1S/C17H19N5O/c1-12(14-7-6-13-4-2-3-5-15(13)8-14)20-17(23)10-22-11-19-16(9-18)21-22/h6-8,11-12H,2-5,10H2,1H3,(H,20,23)/t12-/m1/s1. The van der Waals surface area contributed by atoms with Gasteiger partial charge < -0.3 is 5.32 Å². The van der Waals surface area contributed by atoms with Crippen molar-refractivity contribution in [3.8, 4) is 6.07 Å². The normalized spacial score (nSPS) is 14.6. The molecule has 1 amide bonds. The molecular weight excluding hydrogens is 290 g/mol. The van der Waals surface area contributed by atoms with Crippen molar-refractivity contribution in [2.24, 2.45) is 0 Å². The van der Waals surface area contributed by atoms with Crippen molar-refractivity contribution in [2.75, 3.05) is 0 Å². The SMILES string of the molecule is C[C@@H](NC(=O)Cn1cnc(C#N)n1)c1ccc2c(c1)CCCC2. The molecule has 1 N–H and O–H groups in total. The van der Waals surface area contributed by atoms with Crippen molar-refractivity contribution >= 4 is 5.91 Å². The van der Waals surface area contributed by atoms with Crippen molar-refractivity contribution in [3.05, 3.63) is 47.0 Å². The molecule has 0 radical (unpaired) electrons. The van der Waals surface area contributed by atoms with Crippen LogP contribution >= 0.6 is 0 Å². The minimum Gasteiger partial charge on any atom is -0.348 e. The van der Waals surface area contributed by atoms with E-state index >= 15 is 0 Å². The Morgan fingerprint density at radius 3 is 2.91 bits per heavy atom. The molecule has 2 aromatic rings. The van der Waals surface area contributed by atoms with Gasteiger partial charge >= 0.3 is 0 Å². The summed E-state index contributed by atoms with van der Waals surface area (Å²) in [7, 11) is 0. The third kappa shape index (κ3) is 3.57. The predicted molar refractivity (Wildman–Crippen MR) is 84.4 cm³/mol. The van der Waals surface area contributed by atoms with Gasteiger partial charge in [-0.25, -0.2) is 9.67 Å².